The van der Waals surface area contributed by atoms with E-state index in [1.807, 2.05) is 0 Å². The molecule has 0 aliphatic carbocycles. The van der Waals surface area contributed by atoms with E-state index in [0.29, 0.717) is 5.92 Å². The summed E-state index contributed by atoms with van der Waals surface area (Å²) in [5, 5.41) is 0. The lowest BCUT2D eigenvalue weighted by molar-refractivity contribution is 0.198. The minimum absolute atomic E-state index is 0.662. The van der Waals surface area contributed by atoms with Crippen LogP contribution in [0.25, 0.3) is 0 Å². The number of hydrogen-bond donors (Lipinski definition) is 1. The van der Waals surface area contributed by atoms with Crippen molar-refractivity contribution in [2.75, 3.05) is 19.8 Å². The first-order valence-electron chi connectivity index (χ1n) is 4.05. The van der Waals surface area contributed by atoms with Crippen LogP contribution in [0.1, 0.15) is 26.7 Å². The Morgan fingerprint density at radius 2 is 1.70 bits per heavy atom. The molecule has 0 aromatic carbocycles. The quantitative estimate of drug-likeness (QED) is 0.605. The molecule has 1 fully saturated rings. The standard InChI is InChI=1S/C4H11N.C4H8O/c1-4(2)3-5;1-2-4-5-3-1/h4H,3,5H2,1-2H3;1-4H2. The molecule has 10 heavy (non-hydrogen) atoms. The predicted molar refractivity (Wildman–Crippen MR) is 43.9 cm³/mol. The first-order chi connectivity index (χ1) is 4.77. The maximum Gasteiger partial charge on any atom is 0.0466 e. The lowest BCUT2D eigenvalue weighted by Gasteiger charge is -1.91. The molecule has 62 valence electrons. The molecule has 0 bridgehead atoms. The molecule has 0 saturated carbocycles. The first-order valence-corrected chi connectivity index (χ1v) is 4.05. The molecule has 0 unspecified atom stereocenters. The van der Waals surface area contributed by atoms with Crippen molar-refractivity contribution in [1.29, 1.82) is 0 Å². The molecule has 1 saturated heterocycles. The van der Waals surface area contributed by atoms with Gasteiger partial charge in [-0.05, 0) is 25.3 Å². The Hall–Kier alpha value is -0.0800. The van der Waals surface area contributed by atoms with Gasteiger partial charge in [0.15, 0.2) is 0 Å². The highest BCUT2D eigenvalue weighted by molar-refractivity contribution is 4.43. The van der Waals surface area contributed by atoms with Crippen LogP contribution in [0.5, 0.6) is 0 Å². The van der Waals surface area contributed by atoms with Crippen molar-refractivity contribution in [2.24, 2.45) is 11.7 Å². The molecule has 2 N–H and O–H groups in total. The van der Waals surface area contributed by atoms with Gasteiger partial charge in [-0.1, -0.05) is 13.8 Å². The molecule has 0 atom stereocenters. The smallest absolute Gasteiger partial charge is 0.0466 e. The van der Waals surface area contributed by atoms with Crippen LogP contribution in [0.3, 0.4) is 0 Å². The summed E-state index contributed by atoms with van der Waals surface area (Å²) >= 11 is 0. The number of ether oxygens (including phenoxy) is 1. The Kier molecular flexibility index (Phi) is 6.98. The van der Waals surface area contributed by atoms with Crippen molar-refractivity contribution in [3.8, 4) is 0 Å². The van der Waals surface area contributed by atoms with Crippen LogP contribution < -0.4 is 5.73 Å². The fraction of sp³-hybridized carbons (Fsp3) is 1.00. The zero-order chi connectivity index (χ0) is 7.82. The normalized spacial score (nSPS) is 16.8. The van der Waals surface area contributed by atoms with Gasteiger partial charge in [0, 0.05) is 13.2 Å². The Balaban J connectivity index is 0.000000162. The van der Waals surface area contributed by atoms with Gasteiger partial charge in [-0.25, -0.2) is 0 Å². The van der Waals surface area contributed by atoms with Crippen molar-refractivity contribution in [2.45, 2.75) is 26.7 Å². The zero-order valence-corrected chi connectivity index (χ0v) is 7.10. The summed E-state index contributed by atoms with van der Waals surface area (Å²) in [7, 11) is 0. The van der Waals surface area contributed by atoms with E-state index in [1.54, 1.807) is 0 Å². The third-order valence-electron chi connectivity index (χ3n) is 1.30. The van der Waals surface area contributed by atoms with Gasteiger partial charge >= 0.3 is 0 Å². The van der Waals surface area contributed by atoms with Crippen LogP contribution in [-0.4, -0.2) is 19.8 Å². The lowest BCUT2D eigenvalue weighted by Crippen LogP contribution is -2.05. The molecule has 2 nitrogen and oxygen atoms in total. The number of hydrogen-bond acceptors (Lipinski definition) is 2. The molecule has 1 heterocycles. The first kappa shape index (κ1) is 9.92. The van der Waals surface area contributed by atoms with Crippen LogP contribution in [0, 0.1) is 5.92 Å². The molecular formula is C8H19NO. The van der Waals surface area contributed by atoms with E-state index in [1.165, 1.54) is 12.8 Å². The zero-order valence-electron chi connectivity index (χ0n) is 7.10. The third-order valence-corrected chi connectivity index (χ3v) is 1.30. The van der Waals surface area contributed by atoms with Crippen molar-refractivity contribution >= 4 is 0 Å². The average molecular weight is 145 g/mol. The molecule has 0 aromatic heterocycles. The molecule has 0 amide bonds. The minimum Gasteiger partial charge on any atom is -0.381 e. The van der Waals surface area contributed by atoms with Gasteiger partial charge in [0.05, 0.1) is 0 Å². The van der Waals surface area contributed by atoms with E-state index in [-0.39, 0.29) is 0 Å². The van der Waals surface area contributed by atoms with Crippen molar-refractivity contribution < 1.29 is 4.74 Å². The second-order valence-electron chi connectivity index (χ2n) is 2.95. The minimum atomic E-state index is 0.662. The molecule has 1 aliphatic heterocycles. The number of rotatable bonds is 1. The van der Waals surface area contributed by atoms with Crippen LogP contribution in [0.2, 0.25) is 0 Å². The summed E-state index contributed by atoms with van der Waals surface area (Å²) in [4.78, 5) is 0. The SMILES string of the molecule is C1CCOC1.CC(C)CN. The molecule has 0 aromatic rings. The highest BCUT2D eigenvalue weighted by Gasteiger charge is 1.94. The molecule has 0 spiro atoms. The summed E-state index contributed by atoms with van der Waals surface area (Å²) in [5.41, 5.74) is 5.17. The maximum atomic E-state index is 5.17. The fourth-order valence-corrected chi connectivity index (χ4v) is 0.510. The average Bonchev–Trinajstić information content (AvgIpc) is 2.43. The predicted octanol–water partition coefficient (Wildman–Crippen LogP) is 1.40. The van der Waals surface area contributed by atoms with Crippen LogP contribution >= 0.6 is 0 Å². The summed E-state index contributed by atoms with van der Waals surface area (Å²) in [6.07, 6.45) is 2.56. The highest BCUT2D eigenvalue weighted by atomic mass is 16.5. The van der Waals surface area contributed by atoms with Gasteiger partial charge in [-0.15, -0.1) is 0 Å². The summed E-state index contributed by atoms with van der Waals surface area (Å²) in [5.74, 6) is 0.662. The van der Waals surface area contributed by atoms with Crippen LogP contribution in [-0.2, 0) is 4.74 Å². The second-order valence-corrected chi connectivity index (χ2v) is 2.95. The van der Waals surface area contributed by atoms with Gasteiger partial charge < -0.3 is 10.5 Å². The Labute approximate surface area is 63.7 Å². The summed E-state index contributed by atoms with van der Waals surface area (Å²) in [6, 6.07) is 0. The highest BCUT2D eigenvalue weighted by Crippen LogP contribution is 1.98. The molecule has 1 rings (SSSR count). The van der Waals surface area contributed by atoms with Gasteiger partial charge in [0.25, 0.3) is 0 Å². The number of nitrogens with two attached hydrogens (primary N) is 1. The Bertz CT molecular complexity index is 52.7. The fourth-order valence-electron chi connectivity index (χ4n) is 0.510. The van der Waals surface area contributed by atoms with Gasteiger partial charge in [0.2, 0.25) is 0 Å². The van der Waals surface area contributed by atoms with Crippen molar-refractivity contribution in [3.63, 3.8) is 0 Å². The van der Waals surface area contributed by atoms with Gasteiger partial charge in [-0.3, -0.25) is 0 Å². The van der Waals surface area contributed by atoms with E-state index >= 15 is 0 Å². The molecule has 2 heteroatoms. The second kappa shape index (κ2) is 7.03. The van der Waals surface area contributed by atoms with E-state index in [9.17, 15) is 0 Å². The van der Waals surface area contributed by atoms with E-state index in [4.69, 9.17) is 10.5 Å². The van der Waals surface area contributed by atoms with Crippen LogP contribution in [0.4, 0.5) is 0 Å². The molecule has 0 radical (unpaired) electrons. The maximum absolute atomic E-state index is 5.17. The van der Waals surface area contributed by atoms with E-state index in [2.05, 4.69) is 13.8 Å². The van der Waals surface area contributed by atoms with Crippen molar-refractivity contribution in [3.05, 3.63) is 0 Å². The van der Waals surface area contributed by atoms with Gasteiger partial charge in [-0.2, -0.15) is 0 Å². The topological polar surface area (TPSA) is 35.2 Å². The van der Waals surface area contributed by atoms with Crippen LogP contribution in [0.15, 0.2) is 0 Å². The largest absolute Gasteiger partial charge is 0.381 e. The van der Waals surface area contributed by atoms with Crippen molar-refractivity contribution in [1.82, 2.24) is 0 Å². The van der Waals surface area contributed by atoms with Gasteiger partial charge in [0.1, 0.15) is 0 Å². The molecular weight excluding hydrogens is 126 g/mol. The Morgan fingerprint density at radius 3 is 1.80 bits per heavy atom. The monoisotopic (exact) mass is 145 g/mol. The third kappa shape index (κ3) is 7.92. The summed E-state index contributed by atoms with van der Waals surface area (Å²) < 4.78 is 4.94. The Morgan fingerprint density at radius 1 is 1.30 bits per heavy atom. The lowest BCUT2D eigenvalue weighted by atomic mass is 10.2. The summed E-state index contributed by atoms with van der Waals surface area (Å²) in [6.45, 7) is 7.00. The van der Waals surface area contributed by atoms with E-state index < -0.39 is 0 Å². The molecule has 1 aliphatic rings. The van der Waals surface area contributed by atoms with E-state index in [0.717, 1.165) is 19.8 Å².